The minimum atomic E-state index is -0.530. The zero-order valence-electron chi connectivity index (χ0n) is 16.3. The Morgan fingerprint density at radius 3 is 2.78 bits per heavy atom. The van der Waals surface area contributed by atoms with Gasteiger partial charge in [0.1, 0.15) is 5.82 Å². The van der Waals surface area contributed by atoms with E-state index in [1.165, 1.54) is 0 Å². The minimum absolute atomic E-state index is 0.0631. The van der Waals surface area contributed by atoms with Crippen molar-refractivity contribution in [2.24, 2.45) is 7.05 Å². The molecule has 3 atom stereocenters. The molecular formula is C20H28N4O3. The fourth-order valence-electron chi connectivity index (χ4n) is 4.48. The number of nitrogens with zero attached hydrogens (tertiary/aromatic N) is 4. The quantitative estimate of drug-likeness (QED) is 0.876. The summed E-state index contributed by atoms with van der Waals surface area (Å²) in [7, 11) is 3.77. The molecule has 0 radical (unpaired) electrons. The highest BCUT2D eigenvalue weighted by atomic mass is 16.5. The lowest BCUT2D eigenvalue weighted by molar-refractivity contribution is -0.0231. The van der Waals surface area contributed by atoms with Gasteiger partial charge in [0.15, 0.2) is 0 Å². The van der Waals surface area contributed by atoms with Gasteiger partial charge in [-0.05, 0) is 38.0 Å². The predicted octanol–water partition coefficient (Wildman–Crippen LogP) is 1.18. The molecule has 1 saturated heterocycles. The van der Waals surface area contributed by atoms with E-state index in [4.69, 9.17) is 4.74 Å². The maximum atomic E-state index is 13.0. The van der Waals surface area contributed by atoms with E-state index in [-0.39, 0.29) is 18.0 Å². The number of imidazole rings is 1. The summed E-state index contributed by atoms with van der Waals surface area (Å²) in [5, 5.41) is 10.9. The van der Waals surface area contributed by atoms with E-state index < -0.39 is 6.10 Å². The lowest BCUT2D eigenvalue weighted by Crippen LogP contribution is -2.51. The maximum Gasteiger partial charge on any atom is 0.254 e. The fourth-order valence-corrected chi connectivity index (χ4v) is 4.48. The van der Waals surface area contributed by atoms with Crippen LogP contribution in [0.1, 0.15) is 29.0 Å². The van der Waals surface area contributed by atoms with Gasteiger partial charge in [-0.3, -0.25) is 9.69 Å². The van der Waals surface area contributed by atoms with Crippen LogP contribution in [0, 0.1) is 6.92 Å². The molecule has 0 bridgehead atoms. The second kappa shape index (κ2) is 7.22. The first kappa shape index (κ1) is 18.4. The number of ether oxygens (including phenoxy) is 1. The van der Waals surface area contributed by atoms with Gasteiger partial charge in [0, 0.05) is 38.8 Å². The Morgan fingerprint density at radius 1 is 1.30 bits per heavy atom. The van der Waals surface area contributed by atoms with Crippen molar-refractivity contribution in [3.63, 3.8) is 0 Å². The maximum absolute atomic E-state index is 13.0. The molecule has 1 aromatic heterocycles. The Morgan fingerprint density at radius 2 is 2.04 bits per heavy atom. The van der Waals surface area contributed by atoms with Gasteiger partial charge in [-0.25, -0.2) is 4.98 Å². The van der Waals surface area contributed by atoms with Crippen LogP contribution in [0.5, 0.6) is 0 Å². The zero-order chi connectivity index (χ0) is 19.1. The van der Waals surface area contributed by atoms with Crippen molar-refractivity contribution in [2.45, 2.75) is 38.0 Å². The van der Waals surface area contributed by atoms with Crippen molar-refractivity contribution in [3.8, 4) is 0 Å². The van der Waals surface area contributed by atoms with Crippen molar-refractivity contribution in [2.75, 3.05) is 33.4 Å². The summed E-state index contributed by atoms with van der Waals surface area (Å²) >= 11 is 0. The number of morpholine rings is 1. The predicted molar refractivity (Wildman–Crippen MR) is 103 cm³/mol. The van der Waals surface area contributed by atoms with Gasteiger partial charge < -0.3 is 19.3 Å². The van der Waals surface area contributed by atoms with Gasteiger partial charge in [0.05, 0.1) is 36.4 Å². The van der Waals surface area contributed by atoms with Crippen LogP contribution in [-0.2, 0) is 11.8 Å². The molecule has 1 N–H and O–H groups in total. The van der Waals surface area contributed by atoms with Crippen molar-refractivity contribution < 1.29 is 14.6 Å². The highest BCUT2D eigenvalue weighted by Gasteiger charge is 2.41. The van der Waals surface area contributed by atoms with E-state index >= 15 is 0 Å². The first-order valence-corrected chi connectivity index (χ1v) is 9.67. The van der Waals surface area contributed by atoms with E-state index in [2.05, 4.69) is 9.88 Å². The summed E-state index contributed by atoms with van der Waals surface area (Å²) in [4.78, 5) is 21.6. The lowest BCUT2D eigenvalue weighted by atomic mass is 10.1. The molecule has 2 aromatic rings. The topological polar surface area (TPSA) is 70.8 Å². The number of hydrogen-bond donors (Lipinski definition) is 1. The number of carbonyl (C=O) groups excluding carboxylic acids is 1. The number of amides is 1. The number of aryl methyl sites for hydroxylation is 2. The van der Waals surface area contributed by atoms with Gasteiger partial charge in [0.25, 0.3) is 5.91 Å². The number of aliphatic hydroxyl groups is 1. The molecule has 27 heavy (non-hydrogen) atoms. The van der Waals surface area contributed by atoms with Crippen LogP contribution in [0.4, 0.5) is 0 Å². The largest absolute Gasteiger partial charge is 0.389 e. The average Bonchev–Trinajstić information content (AvgIpc) is 3.20. The van der Waals surface area contributed by atoms with Gasteiger partial charge in [-0.1, -0.05) is 0 Å². The van der Waals surface area contributed by atoms with Crippen molar-refractivity contribution in [1.29, 1.82) is 0 Å². The number of rotatable bonds is 3. The first-order valence-electron chi connectivity index (χ1n) is 9.67. The average molecular weight is 372 g/mol. The molecule has 2 heterocycles. The van der Waals surface area contributed by atoms with Gasteiger partial charge in [-0.15, -0.1) is 0 Å². The number of likely N-dealkylation sites (N-methyl/N-ethyl adjacent to an activating group) is 1. The van der Waals surface area contributed by atoms with Crippen molar-refractivity contribution in [3.05, 3.63) is 29.6 Å². The summed E-state index contributed by atoms with van der Waals surface area (Å²) in [5.41, 5.74) is 2.46. The smallest absolute Gasteiger partial charge is 0.254 e. The molecule has 1 amide bonds. The molecule has 1 saturated carbocycles. The molecule has 1 aliphatic carbocycles. The monoisotopic (exact) mass is 372 g/mol. The Labute approximate surface area is 159 Å². The second-order valence-electron chi connectivity index (χ2n) is 7.69. The molecule has 4 rings (SSSR count). The molecule has 146 valence electrons. The third-order valence-electron chi connectivity index (χ3n) is 6.23. The van der Waals surface area contributed by atoms with Gasteiger partial charge >= 0.3 is 0 Å². The molecule has 1 aromatic carbocycles. The van der Waals surface area contributed by atoms with E-state index in [1.54, 1.807) is 11.9 Å². The summed E-state index contributed by atoms with van der Waals surface area (Å²) in [5.74, 6) is 0.856. The first-order chi connectivity index (χ1) is 13.0. The van der Waals surface area contributed by atoms with Gasteiger partial charge in [-0.2, -0.15) is 0 Å². The molecule has 7 heteroatoms. The zero-order valence-corrected chi connectivity index (χ0v) is 16.3. The number of benzene rings is 1. The number of fused-ring (bicyclic) bond motifs is 1. The third-order valence-corrected chi connectivity index (χ3v) is 6.23. The van der Waals surface area contributed by atoms with Crippen LogP contribution >= 0.6 is 0 Å². The SMILES string of the molecule is Cc1nc2cc(C(=O)N(C)[C@@H]3CC[C@@H](N4CCOCC4)[C@@H]3O)ccc2n1C. The number of aromatic nitrogens is 2. The standard InChI is InChI=1S/C20H28N4O3/c1-13-21-15-12-14(4-5-16(15)22(13)2)20(26)23(3)17-6-7-18(19(17)25)24-8-10-27-11-9-24/h4-5,12,17-19,25H,6-11H2,1-3H3/t17-,18-,19-/m1/s1. The van der Waals surface area contributed by atoms with Crippen LogP contribution in [0.15, 0.2) is 18.2 Å². The molecule has 2 fully saturated rings. The molecular weight excluding hydrogens is 344 g/mol. The number of aliphatic hydroxyl groups excluding tert-OH is 1. The van der Waals surface area contributed by atoms with E-state index in [0.717, 1.165) is 42.8 Å². The minimum Gasteiger partial charge on any atom is -0.389 e. The van der Waals surface area contributed by atoms with Crippen molar-refractivity contribution in [1.82, 2.24) is 19.4 Å². The Kier molecular flexibility index (Phi) is 4.92. The Balaban J connectivity index is 1.50. The molecule has 0 spiro atoms. The Bertz CT molecular complexity index is 843. The number of carbonyl (C=O) groups is 1. The van der Waals surface area contributed by atoms with E-state index in [0.29, 0.717) is 18.8 Å². The van der Waals surface area contributed by atoms with E-state index in [9.17, 15) is 9.90 Å². The third kappa shape index (κ3) is 3.24. The van der Waals surface area contributed by atoms with Crippen LogP contribution in [-0.4, -0.2) is 81.9 Å². The lowest BCUT2D eigenvalue weighted by Gasteiger charge is -2.36. The van der Waals surface area contributed by atoms with Gasteiger partial charge in [0.2, 0.25) is 0 Å². The summed E-state index contributed by atoms with van der Waals surface area (Å²) in [6.45, 7) is 5.08. The highest BCUT2D eigenvalue weighted by Crippen LogP contribution is 2.29. The fraction of sp³-hybridized carbons (Fsp3) is 0.600. The highest BCUT2D eigenvalue weighted by molar-refractivity contribution is 5.97. The molecule has 7 nitrogen and oxygen atoms in total. The summed E-state index contributed by atoms with van der Waals surface area (Å²) in [6.07, 6.45) is 1.19. The normalized spacial score (nSPS) is 26.6. The summed E-state index contributed by atoms with van der Waals surface area (Å²) < 4.78 is 7.43. The Hall–Kier alpha value is -1.96. The van der Waals surface area contributed by atoms with Crippen LogP contribution in [0.25, 0.3) is 11.0 Å². The van der Waals surface area contributed by atoms with Crippen molar-refractivity contribution >= 4 is 16.9 Å². The van der Waals surface area contributed by atoms with Crippen LogP contribution in [0.2, 0.25) is 0 Å². The molecule has 0 unspecified atom stereocenters. The summed E-state index contributed by atoms with van der Waals surface area (Å²) in [6, 6.07) is 5.59. The van der Waals surface area contributed by atoms with Crippen LogP contribution in [0.3, 0.4) is 0 Å². The van der Waals surface area contributed by atoms with Crippen LogP contribution < -0.4 is 0 Å². The molecule has 2 aliphatic rings. The number of hydrogen-bond acceptors (Lipinski definition) is 5. The second-order valence-corrected chi connectivity index (χ2v) is 7.69. The van der Waals surface area contributed by atoms with E-state index in [1.807, 2.05) is 36.7 Å². The molecule has 1 aliphatic heterocycles.